The van der Waals surface area contributed by atoms with Crippen molar-refractivity contribution in [2.24, 2.45) is 0 Å². The van der Waals surface area contributed by atoms with Crippen molar-refractivity contribution in [3.05, 3.63) is 67.7 Å². The zero-order valence-electron chi connectivity index (χ0n) is 11.0. The Hall–Kier alpha value is -1.78. The maximum absolute atomic E-state index is 10.9. The Morgan fingerprint density at radius 3 is 2.62 bits per heavy atom. The maximum atomic E-state index is 10.9. The minimum atomic E-state index is -0.476. The number of benzene rings is 2. The number of nitrogens with zero attached hydrogens (tertiary/aromatic N) is 1. The van der Waals surface area contributed by atoms with Gasteiger partial charge in [-0.3, -0.25) is 10.1 Å². The van der Waals surface area contributed by atoms with Gasteiger partial charge in [0.1, 0.15) is 5.02 Å². The molecule has 1 aliphatic carbocycles. The summed E-state index contributed by atoms with van der Waals surface area (Å²) in [7, 11) is 0. The summed E-state index contributed by atoms with van der Waals surface area (Å²) < 4.78 is 0. The van der Waals surface area contributed by atoms with Crippen molar-refractivity contribution >= 4 is 34.6 Å². The van der Waals surface area contributed by atoms with Gasteiger partial charge in [0.05, 0.1) is 4.92 Å². The first-order chi connectivity index (χ1) is 10.0. The SMILES string of the molecule is O=[N+]([O-])c1cc(NC2Cc3ccc(Cl)cc3C2)ccc1Cl. The normalized spacial score (nSPS) is 16.6. The number of hydrogen-bond acceptors (Lipinski definition) is 3. The van der Waals surface area contributed by atoms with Crippen LogP contribution >= 0.6 is 23.2 Å². The molecular formula is C15H12Cl2N2O2. The molecule has 0 aromatic heterocycles. The third-order valence-corrected chi connectivity index (χ3v) is 4.17. The molecule has 21 heavy (non-hydrogen) atoms. The van der Waals surface area contributed by atoms with Crippen LogP contribution in [0.5, 0.6) is 0 Å². The van der Waals surface area contributed by atoms with Crippen molar-refractivity contribution in [3.63, 3.8) is 0 Å². The summed E-state index contributed by atoms with van der Waals surface area (Å²) in [6, 6.07) is 10.9. The molecule has 0 aliphatic heterocycles. The second kappa shape index (κ2) is 5.54. The summed E-state index contributed by atoms with van der Waals surface area (Å²) >= 11 is 11.8. The van der Waals surface area contributed by atoms with Gasteiger partial charge in [0.15, 0.2) is 0 Å². The van der Waals surface area contributed by atoms with Gasteiger partial charge in [-0.25, -0.2) is 0 Å². The van der Waals surface area contributed by atoms with Gasteiger partial charge in [0.2, 0.25) is 0 Å². The summed E-state index contributed by atoms with van der Waals surface area (Å²) in [6.07, 6.45) is 1.73. The minimum absolute atomic E-state index is 0.0831. The molecule has 0 spiro atoms. The number of nitrogens with one attached hydrogen (secondary N) is 1. The van der Waals surface area contributed by atoms with E-state index < -0.39 is 4.92 Å². The standard InChI is InChI=1S/C15H12Cl2N2O2/c16-11-2-1-9-6-13(7-10(9)5-11)18-12-3-4-14(17)15(8-12)19(20)21/h1-5,8,13,18H,6-7H2. The maximum Gasteiger partial charge on any atom is 0.289 e. The number of nitro benzene ring substituents is 1. The van der Waals surface area contributed by atoms with E-state index in [1.807, 2.05) is 18.2 Å². The Kier molecular flexibility index (Phi) is 3.74. The zero-order valence-corrected chi connectivity index (χ0v) is 12.5. The molecule has 4 nitrogen and oxygen atoms in total. The number of nitro groups is 1. The highest BCUT2D eigenvalue weighted by Gasteiger charge is 2.22. The van der Waals surface area contributed by atoms with E-state index in [9.17, 15) is 10.1 Å². The van der Waals surface area contributed by atoms with Crippen LogP contribution in [0, 0.1) is 10.1 Å². The fourth-order valence-electron chi connectivity index (χ4n) is 2.67. The van der Waals surface area contributed by atoms with E-state index in [1.54, 1.807) is 12.1 Å². The molecule has 1 unspecified atom stereocenters. The van der Waals surface area contributed by atoms with E-state index in [0.717, 1.165) is 17.9 Å². The van der Waals surface area contributed by atoms with Crippen molar-refractivity contribution in [1.29, 1.82) is 0 Å². The second-order valence-electron chi connectivity index (χ2n) is 5.09. The van der Waals surface area contributed by atoms with Crippen LogP contribution in [0.1, 0.15) is 11.1 Å². The molecule has 108 valence electrons. The lowest BCUT2D eigenvalue weighted by molar-refractivity contribution is -0.384. The van der Waals surface area contributed by atoms with Crippen molar-refractivity contribution in [2.45, 2.75) is 18.9 Å². The second-order valence-corrected chi connectivity index (χ2v) is 5.93. The fourth-order valence-corrected chi connectivity index (χ4v) is 3.05. The van der Waals surface area contributed by atoms with Gasteiger partial charge in [-0.1, -0.05) is 29.3 Å². The molecule has 0 amide bonds. The average molecular weight is 323 g/mol. The van der Waals surface area contributed by atoms with Gasteiger partial charge < -0.3 is 5.32 Å². The van der Waals surface area contributed by atoms with Crippen LogP contribution in [0.15, 0.2) is 36.4 Å². The van der Waals surface area contributed by atoms with Crippen LogP contribution in [0.3, 0.4) is 0 Å². The van der Waals surface area contributed by atoms with Gasteiger partial charge in [-0.05, 0) is 48.2 Å². The van der Waals surface area contributed by atoms with Crippen LogP contribution in [0.4, 0.5) is 11.4 Å². The Morgan fingerprint density at radius 2 is 1.86 bits per heavy atom. The van der Waals surface area contributed by atoms with Gasteiger partial charge in [-0.15, -0.1) is 0 Å². The highest BCUT2D eigenvalue weighted by molar-refractivity contribution is 6.32. The number of fused-ring (bicyclic) bond motifs is 1. The van der Waals surface area contributed by atoms with E-state index in [1.165, 1.54) is 17.2 Å². The zero-order chi connectivity index (χ0) is 15.0. The van der Waals surface area contributed by atoms with Crippen LogP contribution in [-0.2, 0) is 12.8 Å². The molecule has 2 aromatic carbocycles. The molecule has 0 saturated carbocycles. The van der Waals surface area contributed by atoms with E-state index in [4.69, 9.17) is 23.2 Å². The van der Waals surface area contributed by atoms with E-state index in [-0.39, 0.29) is 16.8 Å². The topological polar surface area (TPSA) is 55.2 Å². The number of halogens is 2. The summed E-state index contributed by atoms with van der Waals surface area (Å²) in [5.74, 6) is 0. The number of rotatable bonds is 3. The molecule has 1 aliphatic rings. The van der Waals surface area contributed by atoms with E-state index >= 15 is 0 Å². The van der Waals surface area contributed by atoms with Gasteiger partial charge in [0, 0.05) is 22.8 Å². The van der Waals surface area contributed by atoms with Crippen molar-refractivity contribution in [1.82, 2.24) is 0 Å². The van der Waals surface area contributed by atoms with Crippen molar-refractivity contribution in [3.8, 4) is 0 Å². The molecule has 0 heterocycles. The van der Waals surface area contributed by atoms with E-state index in [0.29, 0.717) is 5.69 Å². The molecule has 1 atom stereocenters. The third-order valence-electron chi connectivity index (χ3n) is 3.61. The van der Waals surface area contributed by atoms with Gasteiger partial charge >= 0.3 is 0 Å². The smallest absolute Gasteiger partial charge is 0.289 e. The van der Waals surface area contributed by atoms with Gasteiger partial charge in [0.25, 0.3) is 5.69 Å². The van der Waals surface area contributed by atoms with Crippen LogP contribution < -0.4 is 5.32 Å². The predicted octanol–water partition coefficient (Wildman–Crippen LogP) is 4.48. The molecule has 1 N–H and O–H groups in total. The highest BCUT2D eigenvalue weighted by atomic mass is 35.5. The molecule has 2 aromatic rings. The Labute approximate surface area is 131 Å². The van der Waals surface area contributed by atoms with Gasteiger partial charge in [-0.2, -0.15) is 0 Å². The first-order valence-corrected chi connectivity index (χ1v) is 7.26. The average Bonchev–Trinajstić information content (AvgIpc) is 2.82. The fraction of sp³-hybridized carbons (Fsp3) is 0.200. The minimum Gasteiger partial charge on any atom is -0.381 e. The summed E-state index contributed by atoms with van der Waals surface area (Å²) in [5, 5.41) is 15.1. The third kappa shape index (κ3) is 2.96. The Bertz CT molecular complexity index is 719. The molecule has 0 bridgehead atoms. The molecule has 0 fully saturated rings. The first kappa shape index (κ1) is 14.2. The monoisotopic (exact) mass is 322 g/mol. The van der Waals surface area contributed by atoms with Crippen LogP contribution in [-0.4, -0.2) is 11.0 Å². The molecule has 3 rings (SSSR count). The lowest BCUT2D eigenvalue weighted by atomic mass is 10.1. The highest BCUT2D eigenvalue weighted by Crippen LogP contribution is 2.30. The Morgan fingerprint density at radius 1 is 1.10 bits per heavy atom. The first-order valence-electron chi connectivity index (χ1n) is 6.51. The predicted molar refractivity (Wildman–Crippen MR) is 84.4 cm³/mol. The number of hydrogen-bond donors (Lipinski definition) is 1. The molecule has 6 heteroatoms. The largest absolute Gasteiger partial charge is 0.381 e. The van der Waals surface area contributed by atoms with Crippen molar-refractivity contribution < 1.29 is 4.92 Å². The Balaban J connectivity index is 1.77. The molecule has 0 saturated heterocycles. The summed E-state index contributed by atoms with van der Waals surface area (Å²) in [5.41, 5.74) is 3.11. The quantitative estimate of drug-likeness (QED) is 0.669. The lowest BCUT2D eigenvalue weighted by Gasteiger charge is -2.13. The number of anilines is 1. The van der Waals surface area contributed by atoms with Crippen LogP contribution in [0.25, 0.3) is 0 Å². The molecule has 0 radical (unpaired) electrons. The van der Waals surface area contributed by atoms with Crippen LogP contribution in [0.2, 0.25) is 10.0 Å². The summed E-state index contributed by atoms with van der Waals surface area (Å²) in [4.78, 5) is 10.4. The lowest BCUT2D eigenvalue weighted by Crippen LogP contribution is -2.19. The van der Waals surface area contributed by atoms with E-state index in [2.05, 4.69) is 5.32 Å². The molecular weight excluding hydrogens is 311 g/mol. The summed E-state index contributed by atoms with van der Waals surface area (Å²) in [6.45, 7) is 0. The van der Waals surface area contributed by atoms with Crippen molar-refractivity contribution in [2.75, 3.05) is 5.32 Å².